The number of hydrogen-bond donors (Lipinski definition) is 1. The van der Waals surface area contributed by atoms with Gasteiger partial charge in [-0.05, 0) is 70.3 Å². The van der Waals surface area contributed by atoms with Crippen molar-refractivity contribution in [2.75, 3.05) is 13.7 Å². The van der Waals surface area contributed by atoms with Crippen LogP contribution in [0.1, 0.15) is 70.6 Å². The maximum Gasteiger partial charge on any atom is 0.0685 e. The molecule has 110 valence electrons. The fraction of sp³-hybridized carbons (Fsp3) is 1.00. The van der Waals surface area contributed by atoms with Gasteiger partial charge in [0, 0.05) is 12.6 Å². The van der Waals surface area contributed by atoms with Gasteiger partial charge in [-0.1, -0.05) is 19.3 Å². The summed E-state index contributed by atoms with van der Waals surface area (Å²) in [6.07, 6.45) is 15.3. The molecule has 0 aromatic carbocycles. The molecule has 0 aromatic rings. The maximum absolute atomic E-state index is 6.21. The molecule has 2 nitrogen and oxygen atoms in total. The number of nitrogens with one attached hydrogen (secondary N) is 1. The van der Waals surface area contributed by atoms with Gasteiger partial charge < -0.3 is 10.1 Å². The Morgan fingerprint density at radius 1 is 1.16 bits per heavy atom. The van der Waals surface area contributed by atoms with Crippen molar-refractivity contribution in [1.82, 2.24) is 5.32 Å². The van der Waals surface area contributed by atoms with Crippen molar-refractivity contribution in [2.24, 2.45) is 11.8 Å². The van der Waals surface area contributed by atoms with Crippen LogP contribution >= 0.6 is 0 Å². The second-order valence-corrected chi connectivity index (χ2v) is 7.26. The molecule has 2 heteroatoms. The van der Waals surface area contributed by atoms with E-state index in [1.54, 1.807) is 0 Å². The van der Waals surface area contributed by atoms with E-state index in [4.69, 9.17) is 4.74 Å². The van der Waals surface area contributed by atoms with Crippen LogP contribution in [0.15, 0.2) is 0 Å². The molecule has 0 radical (unpaired) electrons. The third-order valence-corrected chi connectivity index (χ3v) is 5.81. The molecule has 3 rings (SSSR count). The van der Waals surface area contributed by atoms with Crippen LogP contribution in [0, 0.1) is 11.8 Å². The van der Waals surface area contributed by atoms with Crippen LogP contribution in [0.5, 0.6) is 0 Å². The van der Waals surface area contributed by atoms with Crippen LogP contribution in [0.25, 0.3) is 0 Å². The van der Waals surface area contributed by atoms with Crippen LogP contribution in [-0.2, 0) is 4.74 Å². The number of rotatable bonds is 5. The van der Waals surface area contributed by atoms with Gasteiger partial charge in [-0.2, -0.15) is 0 Å². The molecule has 1 spiro atoms. The van der Waals surface area contributed by atoms with Gasteiger partial charge in [0.15, 0.2) is 0 Å². The number of ether oxygens (including phenoxy) is 1. The summed E-state index contributed by atoms with van der Waals surface area (Å²) in [5.41, 5.74) is 0.301. The van der Waals surface area contributed by atoms with Gasteiger partial charge in [0.25, 0.3) is 0 Å². The molecule has 2 saturated carbocycles. The molecule has 2 atom stereocenters. The molecule has 0 aromatic heterocycles. The molecule has 3 aliphatic rings. The van der Waals surface area contributed by atoms with Crippen molar-refractivity contribution in [3.8, 4) is 0 Å². The van der Waals surface area contributed by atoms with Crippen molar-refractivity contribution in [1.29, 1.82) is 0 Å². The highest BCUT2D eigenvalue weighted by atomic mass is 16.5. The predicted octanol–water partition coefficient (Wildman–Crippen LogP) is 3.89. The molecular weight excluding hydrogens is 234 g/mol. The van der Waals surface area contributed by atoms with Gasteiger partial charge in [-0.25, -0.2) is 0 Å². The van der Waals surface area contributed by atoms with Gasteiger partial charge in [0.1, 0.15) is 0 Å². The summed E-state index contributed by atoms with van der Waals surface area (Å²) in [6, 6.07) is 0.796. The Hall–Kier alpha value is -0.0800. The van der Waals surface area contributed by atoms with Crippen LogP contribution in [-0.4, -0.2) is 25.3 Å². The first kappa shape index (κ1) is 13.9. The van der Waals surface area contributed by atoms with Gasteiger partial charge in [0.2, 0.25) is 0 Å². The Balaban J connectivity index is 1.47. The lowest BCUT2D eigenvalue weighted by Crippen LogP contribution is -2.41. The zero-order chi connectivity index (χ0) is 13.1. The average molecular weight is 265 g/mol. The first-order valence-electron chi connectivity index (χ1n) is 8.62. The van der Waals surface area contributed by atoms with E-state index >= 15 is 0 Å². The average Bonchev–Trinajstić information content (AvgIpc) is 3.25. The molecule has 2 aliphatic carbocycles. The lowest BCUT2D eigenvalue weighted by molar-refractivity contribution is -0.118. The Kier molecular flexibility index (Phi) is 4.48. The van der Waals surface area contributed by atoms with Crippen molar-refractivity contribution < 1.29 is 4.74 Å². The molecule has 1 aliphatic heterocycles. The normalized spacial score (nSPS) is 32.4. The highest BCUT2D eigenvalue weighted by Crippen LogP contribution is 2.42. The van der Waals surface area contributed by atoms with Crippen LogP contribution in [0.4, 0.5) is 0 Å². The van der Waals surface area contributed by atoms with E-state index in [-0.39, 0.29) is 0 Å². The topological polar surface area (TPSA) is 21.3 Å². The van der Waals surface area contributed by atoms with E-state index in [1.807, 2.05) is 0 Å². The van der Waals surface area contributed by atoms with Gasteiger partial charge >= 0.3 is 0 Å². The van der Waals surface area contributed by atoms with E-state index in [1.165, 1.54) is 70.6 Å². The van der Waals surface area contributed by atoms with Crippen LogP contribution < -0.4 is 5.32 Å². The minimum atomic E-state index is 0.301. The van der Waals surface area contributed by atoms with E-state index < -0.39 is 0 Å². The Bertz CT molecular complexity index is 275. The lowest BCUT2D eigenvalue weighted by Gasteiger charge is -2.44. The molecule has 3 fully saturated rings. The smallest absolute Gasteiger partial charge is 0.0685 e. The fourth-order valence-electron chi connectivity index (χ4n) is 4.45. The monoisotopic (exact) mass is 265 g/mol. The molecule has 19 heavy (non-hydrogen) atoms. The first-order chi connectivity index (χ1) is 9.31. The minimum Gasteiger partial charge on any atom is -0.375 e. The van der Waals surface area contributed by atoms with Crippen molar-refractivity contribution in [2.45, 2.75) is 82.3 Å². The Morgan fingerprint density at radius 2 is 1.95 bits per heavy atom. The van der Waals surface area contributed by atoms with Crippen molar-refractivity contribution in [3.05, 3.63) is 0 Å². The SMILES string of the molecule is CNC(CCC1CCOC2(CCCCC2)C1)C1CC1. The van der Waals surface area contributed by atoms with Crippen LogP contribution in [0.3, 0.4) is 0 Å². The van der Waals surface area contributed by atoms with E-state index in [0.717, 1.165) is 24.5 Å². The first-order valence-corrected chi connectivity index (χ1v) is 8.62. The lowest BCUT2D eigenvalue weighted by atomic mass is 9.74. The predicted molar refractivity (Wildman–Crippen MR) is 79.3 cm³/mol. The van der Waals surface area contributed by atoms with E-state index in [9.17, 15) is 0 Å². The van der Waals surface area contributed by atoms with E-state index in [2.05, 4.69) is 12.4 Å². The third-order valence-electron chi connectivity index (χ3n) is 5.81. The molecule has 0 amide bonds. The largest absolute Gasteiger partial charge is 0.375 e. The summed E-state index contributed by atoms with van der Waals surface area (Å²) in [6.45, 7) is 1.03. The molecular formula is C17H31NO. The van der Waals surface area contributed by atoms with Gasteiger partial charge in [-0.15, -0.1) is 0 Å². The third kappa shape index (κ3) is 3.52. The Morgan fingerprint density at radius 3 is 2.63 bits per heavy atom. The summed E-state index contributed by atoms with van der Waals surface area (Å²) in [5.74, 6) is 1.93. The summed E-state index contributed by atoms with van der Waals surface area (Å²) >= 11 is 0. The second kappa shape index (κ2) is 6.13. The Labute approximate surface area is 118 Å². The summed E-state index contributed by atoms with van der Waals surface area (Å²) in [4.78, 5) is 0. The van der Waals surface area contributed by atoms with Gasteiger partial charge in [-0.3, -0.25) is 0 Å². The maximum atomic E-state index is 6.21. The standard InChI is InChI=1S/C17H31NO/c1-18-16(15-6-7-15)8-5-14-9-12-19-17(13-14)10-3-2-4-11-17/h14-16,18H,2-13H2,1H3. The minimum absolute atomic E-state index is 0.301. The summed E-state index contributed by atoms with van der Waals surface area (Å²) < 4.78 is 6.21. The molecule has 2 unspecified atom stereocenters. The second-order valence-electron chi connectivity index (χ2n) is 7.26. The zero-order valence-corrected chi connectivity index (χ0v) is 12.6. The molecule has 0 bridgehead atoms. The molecule has 1 N–H and O–H groups in total. The number of hydrogen-bond acceptors (Lipinski definition) is 2. The van der Waals surface area contributed by atoms with Crippen LogP contribution in [0.2, 0.25) is 0 Å². The molecule has 1 heterocycles. The highest BCUT2D eigenvalue weighted by molar-refractivity contribution is 4.91. The van der Waals surface area contributed by atoms with Gasteiger partial charge in [0.05, 0.1) is 5.60 Å². The van der Waals surface area contributed by atoms with Crippen molar-refractivity contribution in [3.63, 3.8) is 0 Å². The fourth-order valence-corrected chi connectivity index (χ4v) is 4.45. The summed E-state index contributed by atoms with van der Waals surface area (Å²) in [5, 5.41) is 3.54. The zero-order valence-electron chi connectivity index (χ0n) is 12.6. The van der Waals surface area contributed by atoms with E-state index in [0.29, 0.717) is 5.60 Å². The van der Waals surface area contributed by atoms with Crippen molar-refractivity contribution >= 4 is 0 Å². The molecule has 1 saturated heterocycles. The quantitative estimate of drug-likeness (QED) is 0.814. The highest BCUT2D eigenvalue weighted by Gasteiger charge is 2.38. The summed E-state index contributed by atoms with van der Waals surface area (Å²) in [7, 11) is 2.15.